The molecule has 2 rings (SSSR count). The van der Waals surface area contributed by atoms with Crippen molar-refractivity contribution in [3.8, 4) is 0 Å². The van der Waals surface area contributed by atoms with Crippen molar-refractivity contribution in [2.45, 2.75) is 31.8 Å². The van der Waals surface area contributed by atoms with Gasteiger partial charge in [-0.3, -0.25) is 19.5 Å². The Balaban J connectivity index is 1.67. The van der Waals surface area contributed by atoms with Crippen molar-refractivity contribution in [2.75, 3.05) is 19.6 Å². The van der Waals surface area contributed by atoms with E-state index in [4.69, 9.17) is 10.8 Å². The number of piperidine rings is 1. The van der Waals surface area contributed by atoms with Crippen LogP contribution in [0.4, 0.5) is 0 Å². The number of hydrogen-bond acceptors (Lipinski definition) is 5. The van der Waals surface area contributed by atoms with Crippen LogP contribution in [-0.4, -0.2) is 52.5 Å². The summed E-state index contributed by atoms with van der Waals surface area (Å²) in [4.78, 5) is 29.3. The Morgan fingerprint density at radius 1 is 1.39 bits per heavy atom. The molecule has 126 valence electrons. The molecule has 0 aromatic carbocycles. The molecular weight excluding hydrogens is 296 g/mol. The molecule has 23 heavy (non-hydrogen) atoms. The molecule has 2 heterocycles. The number of rotatable bonds is 7. The highest BCUT2D eigenvalue weighted by Crippen LogP contribution is 2.18. The Kier molecular flexibility index (Phi) is 6.49. The highest BCUT2D eigenvalue weighted by atomic mass is 16.4. The SMILES string of the molecule is N[C@H](CCNC(=O)C1CCN(Cc2ccccn2)CC1)C(=O)O. The van der Waals surface area contributed by atoms with Crippen LogP contribution in [0.25, 0.3) is 0 Å². The minimum atomic E-state index is -1.04. The molecule has 0 aliphatic carbocycles. The van der Waals surface area contributed by atoms with Crippen LogP contribution < -0.4 is 11.1 Å². The summed E-state index contributed by atoms with van der Waals surface area (Å²) >= 11 is 0. The lowest BCUT2D eigenvalue weighted by Crippen LogP contribution is -2.42. The maximum Gasteiger partial charge on any atom is 0.320 e. The van der Waals surface area contributed by atoms with Gasteiger partial charge in [0.2, 0.25) is 5.91 Å². The van der Waals surface area contributed by atoms with Crippen molar-refractivity contribution in [3.05, 3.63) is 30.1 Å². The number of nitrogens with zero attached hydrogens (tertiary/aromatic N) is 2. The lowest BCUT2D eigenvalue weighted by molar-refractivity contribution is -0.139. The fourth-order valence-electron chi connectivity index (χ4n) is 2.69. The molecule has 1 fully saturated rings. The molecule has 1 atom stereocenters. The lowest BCUT2D eigenvalue weighted by atomic mass is 9.95. The molecule has 0 saturated carbocycles. The minimum Gasteiger partial charge on any atom is -0.480 e. The standard InChI is InChI=1S/C16H24N4O3/c17-14(16(22)23)4-8-19-15(21)12-5-9-20(10-6-12)11-13-3-1-2-7-18-13/h1-3,7,12,14H,4-6,8-11,17H2,(H,19,21)(H,22,23)/t14-/m1/s1. The van der Waals surface area contributed by atoms with Gasteiger partial charge in [0.1, 0.15) is 6.04 Å². The van der Waals surface area contributed by atoms with Gasteiger partial charge < -0.3 is 16.2 Å². The van der Waals surface area contributed by atoms with Gasteiger partial charge in [0, 0.05) is 25.2 Å². The van der Waals surface area contributed by atoms with Crippen molar-refractivity contribution in [1.82, 2.24) is 15.2 Å². The van der Waals surface area contributed by atoms with Gasteiger partial charge >= 0.3 is 5.97 Å². The maximum atomic E-state index is 12.1. The van der Waals surface area contributed by atoms with Gasteiger partial charge in [0.25, 0.3) is 0 Å². The van der Waals surface area contributed by atoms with Crippen molar-refractivity contribution < 1.29 is 14.7 Å². The van der Waals surface area contributed by atoms with E-state index in [1.807, 2.05) is 18.2 Å². The summed E-state index contributed by atoms with van der Waals surface area (Å²) in [5.74, 6) is -1.04. The Morgan fingerprint density at radius 3 is 2.74 bits per heavy atom. The second-order valence-corrected chi connectivity index (χ2v) is 5.90. The largest absolute Gasteiger partial charge is 0.480 e. The number of amides is 1. The third-order valence-electron chi connectivity index (χ3n) is 4.14. The van der Waals surface area contributed by atoms with Crippen LogP contribution in [0, 0.1) is 5.92 Å². The summed E-state index contributed by atoms with van der Waals surface area (Å²) < 4.78 is 0. The van der Waals surface area contributed by atoms with Gasteiger partial charge in [-0.15, -0.1) is 0 Å². The molecule has 0 spiro atoms. The normalized spacial score (nSPS) is 17.6. The van der Waals surface area contributed by atoms with E-state index in [1.54, 1.807) is 6.20 Å². The fraction of sp³-hybridized carbons (Fsp3) is 0.562. The summed E-state index contributed by atoms with van der Waals surface area (Å²) in [7, 11) is 0. The molecule has 7 nitrogen and oxygen atoms in total. The van der Waals surface area contributed by atoms with Gasteiger partial charge in [-0.1, -0.05) is 6.07 Å². The Morgan fingerprint density at radius 2 is 2.13 bits per heavy atom. The van der Waals surface area contributed by atoms with Crippen LogP contribution in [0.15, 0.2) is 24.4 Å². The number of nitrogens with two attached hydrogens (primary N) is 1. The van der Waals surface area contributed by atoms with Gasteiger partial charge in [-0.05, 0) is 44.5 Å². The molecule has 1 aromatic heterocycles. The van der Waals surface area contributed by atoms with E-state index in [1.165, 1.54) is 0 Å². The van der Waals surface area contributed by atoms with E-state index in [-0.39, 0.29) is 18.2 Å². The Bertz CT molecular complexity index is 515. The highest BCUT2D eigenvalue weighted by Gasteiger charge is 2.25. The smallest absolute Gasteiger partial charge is 0.320 e. The summed E-state index contributed by atoms with van der Waals surface area (Å²) in [6.45, 7) is 2.84. The van der Waals surface area contributed by atoms with Crippen LogP contribution in [0.2, 0.25) is 0 Å². The number of carbonyl (C=O) groups is 2. The number of aliphatic carboxylic acids is 1. The number of pyridine rings is 1. The van der Waals surface area contributed by atoms with Crippen LogP contribution in [0.1, 0.15) is 25.0 Å². The maximum absolute atomic E-state index is 12.1. The van der Waals surface area contributed by atoms with Gasteiger partial charge in [-0.25, -0.2) is 0 Å². The summed E-state index contributed by atoms with van der Waals surface area (Å²) in [6.07, 6.45) is 3.66. The number of nitrogens with one attached hydrogen (secondary N) is 1. The molecule has 1 saturated heterocycles. The first-order valence-corrected chi connectivity index (χ1v) is 7.94. The lowest BCUT2D eigenvalue weighted by Gasteiger charge is -2.31. The molecule has 4 N–H and O–H groups in total. The Hall–Kier alpha value is -1.99. The number of likely N-dealkylation sites (tertiary alicyclic amines) is 1. The first-order valence-electron chi connectivity index (χ1n) is 7.94. The molecule has 7 heteroatoms. The zero-order valence-corrected chi connectivity index (χ0v) is 13.1. The zero-order valence-electron chi connectivity index (χ0n) is 13.1. The fourth-order valence-corrected chi connectivity index (χ4v) is 2.69. The molecule has 1 amide bonds. The van der Waals surface area contributed by atoms with E-state index < -0.39 is 12.0 Å². The first-order chi connectivity index (χ1) is 11.1. The number of hydrogen-bond donors (Lipinski definition) is 3. The van der Waals surface area contributed by atoms with Gasteiger partial charge in [0.05, 0.1) is 5.69 Å². The second-order valence-electron chi connectivity index (χ2n) is 5.90. The van der Waals surface area contributed by atoms with Crippen LogP contribution in [0.5, 0.6) is 0 Å². The predicted molar refractivity (Wildman–Crippen MR) is 85.5 cm³/mol. The minimum absolute atomic E-state index is 0.0000693. The van der Waals surface area contributed by atoms with Crippen LogP contribution in [-0.2, 0) is 16.1 Å². The number of aromatic nitrogens is 1. The predicted octanol–water partition coefficient (Wildman–Crippen LogP) is 0.212. The van der Waals surface area contributed by atoms with E-state index in [0.717, 1.165) is 38.2 Å². The van der Waals surface area contributed by atoms with Crippen molar-refractivity contribution in [2.24, 2.45) is 11.7 Å². The average molecular weight is 320 g/mol. The topological polar surface area (TPSA) is 109 Å². The third kappa shape index (κ3) is 5.61. The number of carboxylic acid groups (broad SMARTS) is 1. The van der Waals surface area contributed by atoms with E-state index in [0.29, 0.717) is 6.54 Å². The van der Waals surface area contributed by atoms with E-state index >= 15 is 0 Å². The summed E-state index contributed by atoms with van der Waals surface area (Å²) in [5.41, 5.74) is 6.45. The molecule has 1 aromatic rings. The van der Waals surface area contributed by atoms with Crippen LogP contribution >= 0.6 is 0 Å². The molecule has 1 aliphatic rings. The zero-order chi connectivity index (χ0) is 16.7. The third-order valence-corrected chi connectivity index (χ3v) is 4.14. The van der Waals surface area contributed by atoms with Gasteiger partial charge in [-0.2, -0.15) is 0 Å². The first kappa shape index (κ1) is 17.4. The molecular formula is C16H24N4O3. The monoisotopic (exact) mass is 320 g/mol. The molecule has 0 radical (unpaired) electrons. The second kappa shape index (κ2) is 8.59. The van der Waals surface area contributed by atoms with E-state index in [9.17, 15) is 9.59 Å². The molecule has 1 aliphatic heterocycles. The van der Waals surface area contributed by atoms with E-state index in [2.05, 4.69) is 15.2 Å². The quantitative estimate of drug-likeness (QED) is 0.663. The van der Waals surface area contributed by atoms with Crippen molar-refractivity contribution >= 4 is 11.9 Å². The molecule has 0 unspecified atom stereocenters. The number of carbonyl (C=O) groups excluding carboxylic acids is 1. The summed E-state index contributed by atoms with van der Waals surface area (Å²) in [5, 5.41) is 11.5. The molecule has 0 bridgehead atoms. The average Bonchev–Trinajstić information content (AvgIpc) is 2.56. The summed E-state index contributed by atoms with van der Waals surface area (Å²) in [6, 6.07) is 4.96. The van der Waals surface area contributed by atoms with Crippen molar-refractivity contribution in [3.63, 3.8) is 0 Å². The highest BCUT2D eigenvalue weighted by molar-refractivity contribution is 5.79. The number of carboxylic acids is 1. The van der Waals surface area contributed by atoms with Gasteiger partial charge in [0.15, 0.2) is 0 Å². The van der Waals surface area contributed by atoms with Crippen molar-refractivity contribution in [1.29, 1.82) is 0 Å². The van der Waals surface area contributed by atoms with Crippen LogP contribution in [0.3, 0.4) is 0 Å². The Labute approximate surface area is 135 Å².